The third-order valence-electron chi connectivity index (χ3n) is 1.73. The Hall–Kier alpha value is -1.99. The van der Waals surface area contributed by atoms with E-state index in [9.17, 15) is 22.4 Å². The van der Waals surface area contributed by atoms with E-state index in [4.69, 9.17) is 5.73 Å². The quantitative estimate of drug-likeness (QED) is 0.498. The van der Waals surface area contributed by atoms with Crippen molar-refractivity contribution >= 4 is 11.7 Å². The first-order valence-electron chi connectivity index (χ1n) is 4.17. The highest BCUT2D eigenvalue weighted by atomic mass is 19.4. The Morgan fingerprint density at radius 3 is 2.41 bits per heavy atom. The van der Waals surface area contributed by atoms with Gasteiger partial charge < -0.3 is 15.2 Å². The molecule has 1 aromatic carbocycles. The highest BCUT2D eigenvalue weighted by Crippen LogP contribution is 2.30. The summed E-state index contributed by atoms with van der Waals surface area (Å²) in [4.78, 5) is 11.0. The zero-order valence-corrected chi connectivity index (χ0v) is 8.47. The van der Waals surface area contributed by atoms with Crippen LogP contribution in [0.2, 0.25) is 0 Å². The van der Waals surface area contributed by atoms with E-state index in [1.807, 2.05) is 0 Å². The number of nitrogen functional groups attached to an aromatic ring is 1. The van der Waals surface area contributed by atoms with E-state index in [1.54, 1.807) is 0 Å². The van der Waals surface area contributed by atoms with Gasteiger partial charge in [-0.3, -0.25) is 0 Å². The van der Waals surface area contributed by atoms with Crippen LogP contribution in [0.4, 0.5) is 23.2 Å². The smallest absolute Gasteiger partial charge is 0.465 e. The van der Waals surface area contributed by atoms with Crippen molar-refractivity contribution in [3.05, 3.63) is 23.5 Å². The van der Waals surface area contributed by atoms with Gasteiger partial charge in [-0.25, -0.2) is 9.18 Å². The number of carbonyl (C=O) groups is 1. The number of methoxy groups -OCH3 is 1. The molecule has 0 aromatic heterocycles. The Labute approximate surface area is 92.9 Å². The summed E-state index contributed by atoms with van der Waals surface area (Å²) in [6.07, 6.45) is -4.99. The second-order valence-corrected chi connectivity index (χ2v) is 2.91. The summed E-state index contributed by atoms with van der Waals surface area (Å²) in [5.74, 6) is -3.09. The van der Waals surface area contributed by atoms with Gasteiger partial charge in [0.25, 0.3) is 0 Å². The maximum Gasteiger partial charge on any atom is 0.573 e. The molecule has 0 saturated carbocycles. The Bertz CT molecular complexity index is 445. The minimum atomic E-state index is -4.99. The van der Waals surface area contributed by atoms with Gasteiger partial charge >= 0.3 is 12.3 Å². The van der Waals surface area contributed by atoms with Crippen molar-refractivity contribution in [2.75, 3.05) is 12.8 Å². The number of anilines is 1. The lowest BCUT2D eigenvalue weighted by molar-refractivity contribution is -0.274. The highest BCUT2D eigenvalue weighted by Gasteiger charge is 2.32. The van der Waals surface area contributed by atoms with E-state index in [0.29, 0.717) is 12.1 Å². The number of nitrogens with two attached hydrogens (primary N) is 1. The van der Waals surface area contributed by atoms with Crippen LogP contribution in [0.5, 0.6) is 5.75 Å². The van der Waals surface area contributed by atoms with Gasteiger partial charge in [0, 0.05) is 12.1 Å². The molecule has 0 radical (unpaired) electrons. The molecule has 1 aromatic rings. The molecule has 0 aliphatic carbocycles. The lowest BCUT2D eigenvalue weighted by atomic mass is 10.2. The lowest BCUT2D eigenvalue weighted by Crippen LogP contribution is -2.19. The largest absolute Gasteiger partial charge is 0.573 e. The monoisotopic (exact) mass is 253 g/mol. The molecule has 94 valence electrons. The minimum absolute atomic E-state index is 0.532. The fraction of sp³-hybridized carbons (Fsp3) is 0.222. The first kappa shape index (κ1) is 13.1. The predicted octanol–water partition coefficient (Wildman–Crippen LogP) is 2.09. The summed E-state index contributed by atoms with van der Waals surface area (Å²) in [6, 6.07) is 1.08. The molecule has 0 heterocycles. The van der Waals surface area contributed by atoms with Crippen molar-refractivity contribution in [3.63, 3.8) is 0 Å². The number of hydrogen-bond donors (Lipinski definition) is 1. The van der Waals surface area contributed by atoms with Gasteiger partial charge in [0.2, 0.25) is 0 Å². The van der Waals surface area contributed by atoms with Crippen molar-refractivity contribution in [1.82, 2.24) is 0 Å². The van der Waals surface area contributed by atoms with Crippen molar-refractivity contribution in [3.8, 4) is 5.75 Å². The number of hydrogen-bond acceptors (Lipinski definition) is 4. The molecule has 0 aliphatic heterocycles. The Kier molecular flexibility index (Phi) is 3.45. The first-order chi connectivity index (χ1) is 7.74. The normalized spacial score (nSPS) is 11.1. The Morgan fingerprint density at radius 1 is 1.35 bits per heavy atom. The van der Waals surface area contributed by atoms with E-state index in [0.717, 1.165) is 7.11 Å². The van der Waals surface area contributed by atoms with Crippen LogP contribution in [0.25, 0.3) is 0 Å². The molecule has 1 rings (SSSR count). The van der Waals surface area contributed by atoms with Gasteiger partial charge in [-0.15, -0.1) is 13.2 Å². The number of benzene rings is 1. The van der Waals surface area contributed by atoms with Crippen LogP contribution in [0, 0.1) is 5.82 Å². The maximum absolute atomic E-state index is 13.2. The molecule has 0 spiro atoms. The first-order valence-corrected chi connectivity index (χ1v) is 4.17. The van der Waals surface area contributed by atoms with Crippen LogP contribution >= 0.6 is 0 Å². The zero-order chi connectivity index (χ0) is 13.2. The zero-order valence-electron chi connectivity index (χ0n) is 8.47. The predicted molar refractivity (Wildman–Crippen MR) is 48.8 cm³/mol. The summed E-state index contributed by atoms with van der Waals surface area (Å²) in [5, 5.41) is 0. The Balaban J connectivity index is 3.19. The van der Waals surface area contributed by atoms with Crippen LogP contribution < -0.4 is 10.5 Å². The molecule has 0 saturated heterocycles. The van der Waals surface area contributed by atoms with Crippen LogP contribution in [0.1, 0.15) is 10.4 Å². The van der Waals surface area contributed by atoms with E-state index in [-0.39, 0.29) is 0 Å². The fourth-order valence-corrected chi connectivity index (χ4v) is 1.05. The topological polar surface area (TPSA) is 61.5 Å². The second-order valence-electron chi connectivity index (χ2n) is 2.91. The number of halogens is 4. The minimum Gasteiger partial charge on any atom is -0.465 e. The fourth-order valence-electron chi connectivity index (χ4n) is 1.05. The van der Waals surface area contributed by atoms with E-state index in [2.05, 4.69) is 9.47 Å². The number of rotatable bonds is 2. The molecular formula is C9H7F4NO3. The highest BCUT2D eigenvalue weighted by molar-refractivity contribution is 5.91. The van der Waals surface area contributed by atoms with E-state index in [1.165, 1.54) is 0 Å². The molecular weight excluding hydrogens is 246 g/mol. The molecule has 4 nitrogen and oxygen atoms in total. The summed E-state index contributed by atoms with van der Waals surface area (Å²) in [7, 11) is 0.961. The van der Waals surface area contributed by atoms with Crippen LogP contribution in [0.15, 0.2) is 12.1 Å². The van der Waals surface area contributed by atoms with Crippen molar-refractivity contribution in [2.24, 2.45) is 0 Å². The number of carbonyl (C=O) groups excluding carboxylic acids is 1. The molecule has 2 N–H and O–H groups in total. The molecule has 0 atom stereocenters. The van der Waals surface area contributed by atoms with Gasteiger partial charge in [-0.2, -0.15) is 0 Å². The van der Waals surface area contributed by atoms with E-state index >= 15 is 0 Å². The summed E-state index contributed by atoms with van der Waals surface area (Å²) < 4.78 is 56.7. The number of alkyl halides is 3. The van der Waals surface area contributed by atoms with Crippen LogP contribution in [-0.4, -0.2) is 19.4 Å². The van der Waals surface area contributed by atoms with Crippen molar-refractivity contribution in [1.29, 1.82) is 0 Å². The summed E-state index contributed by atoms with van der Waals surface area (Å²) in [6.45, 7) is 0. The third-order valence-corrected chi connectivity index (χ3v) is 1.73. The molecule has 8 heteroatoms. The van der Waals surface area contributed by atoms with Gasteiger partial charge in [0.1, 0.15) is 5.82 Å². The molecule has 0 amide bonds. The molecule has 17 heavy (non-hydrogen) atoms. The average molecular weight is 253 g/mol. The van der Waals surface area contributed by atoms with Gasteiger partial charge in [0.15, 0.2) is 5.75 Å². The third kappa shape index (κ3) is 3.23. The van der Waals surface area contributed by atoms with Gasteiger partial charge in [-0.1, -0.05) is 0 Å². The molecule has 0 fully saturated rings. The van der Waals surface area contributed by atoms with Crippen molar-refractivity contribution in [2.45, 2.75) is 6.36 Å². The lowest BCUT2D eigenvalue weighted by Gasteiger charge is -2.12. The molecule has 0 unspecified atom stereocenters. The SMILES string of the molecule is COC(=O)c1cc(OC(F)(F)F)c(N)cc1F. The summed E-state index contributed by atoms with van der Waals surface area (Å²) >= 11 is 0. The standard InChI is InChI=1S/C9H7F4NO3/c1-16-8(15)4-2-7(17-9(11,12)13)6(14)3-5(4)10/h2-3H,14H2,1H3. The second kappa shape index (κ2) is 4.48. The van der Waals surface area contributed by atoms with Crippen LogP contribution in [0.3, 0.4) is 0 Å². The van der Waals surface area contributed by atoms with Crippen molar-refractivity contribution < 1.29 is 31.8 Å². The summed E-state index contributed by atoms with van der Waals surface area (Å²) in [5.41, 5.74) is 3.85. The van der Waals surface area contributed by atoms with Gasteiger partial charge in [0.05, 0.1) is 18.4 Å². The van der Waals surface area contributed by atoms with Crippen LogP contribution in [-0.2, 0) is 4.74 Å². The van der Waals surface area contributed by atoms with E-state index < -0.39 is 35.1 Å². The maximum atomic E-state index is 13.2. The van der Waals surface area contributed by atoms with Gasteiger partial charge in [-0.05, 0) is 0 Å². The number of esters is 1. The number of ether oxygens (including phenoxy) is 2. The average Bonchev–Trinajstić information content (AvgIpc) is 2.19. The molecule has 0 bridgehead atoms. The Morgan fingerprint density at radius 2 is 1.94 bits per heavy atom. The molecule has 0 aliphatic rings.